The Morgan fingerprint density at radius 2 is 1.79 bits per heavy atom. The van der Waals surface area contributed by atoms with Crippen molar-refractivity contribution in [1.82, 2.24) is 9.97 Å². The van der Waals surface area contributed by atoms with Crippen molar-refractivity contribution in [2.45, 2.75) is 25.6 Å². The Morgan fingerprint density at radius 1 is 1.09 bits per heavy atom. The highest BCUT2D eigenvalue weighted by Gasteiger charge is 2.41. The lowest BCUT2D eigenvalue weighted by Crippen LogP contribution is -2.45. The van der Waals surface area contributed by atoms with E-state index in [0.29, 0.717) is 17.7 Å². The van der Waals surface area contributed by atoms with Crippen LogP contribution in [0.1, 0.15) is 16.8 Å². The maximum absolute atomic E-state index is 14.3. The van der Waals surface area contributed by atoms with Crippen LogP contribution in [0.5, 0.6) is 0 Å². The maximum Gasteiger partial charge on any atom is 0.416 e. The van der Waals surface area contributed by atoms with Gasteiger partial charge < -0.3 is 4.90 Å². The number of hydrogen-bond acceptors (Lipinski definition) is 4. The van der Waals surface area contributed by atoms with Gasteiger partial charge in [0.25, 0.3) is 0 Å². The van der Waals surface area contributed by atoms with Crippen LogP contribution in [0, 0.1) is 24.4 Å². The molecule has 1 amide bonds. The van der Waals surface area contributed by atoms with Crippen LogP contribution in [-0.4, -0.2) is 29.0 Å². The van der Waals surface area contributed by atoms with E-state index >= 15 is 0 Å². The summed E-state index contributed by atoms with van der Waals surface area (Å²) in [5, 5.41) is 0. The number of pyridine rings is 2. The fourth-order valence-electron chi connectivity index (χ4n) is 3.77. The van der Waals surface area contributed by atoms with E-state index in [1.165, 1.54) is 18.0 Å². The van der Waals surface area contributed by atoms with Crippen LogP contribution >= 0.6 is 0 Å². The minimum absolute atomic E-state index is 0.0363. The molecule has 0 saturated heterocycles. The normalized spacial score (nSPS) is 15.5. The Hall–Kier alpha value is -3.63. The van der Waals surface area contributed by atoms with E-state index in [2.05, 4.69) is 9.97 Å². The highest BCUT2D eigenvalue weighted by molar-refractivity contribution is 6.01. The number of benzene rings is 1. The third-order valence-electron chi connectivity index (χ3n) is 5.30. The number of alkyl halides is 3. The summed E-state index contributed by atoms with van der Waals surface area (Å²) in [5.41, 5.74) is -0.848. The predicted molar refractivity (Wildman–Crippen MR) is 108 cm³/mol. The van der Waals surface area contributed by atoms with Crippen molar-refractivity contribution >= 4 is 23.2 Å². The van der Waals surface area contributed by atoms with Gasteiger partial charge in [0, 0.05) is 37.5 Å². The molecule has 172 valence electrons. The Bertz CT molecular complexity index is 1250. The molecule has 0 radical (unpaired) electrons. The van der Waals surface area contributed by atoms with Gasteiger partial charge in [0.2, 0.25) is 5.91 Å². The second-order valence-electron chi connectivity index (χ2n) is 7.54. The zero-order valence-electron chi connectivity index (χ0n) is 17.3. The lowest BCUT2D eigenvalue weighted by atomic mass is 10.1. The third kappa shape index (κ3) is 4.10. The van der Waals surface area contributed by atoms with Gasteiger partial charge >= 0.3 is 6.18 Å². The molecule has 0 spiro atoms. The molecule has 1 atom stereocenters. The van der Waals surface area contributed by atoms with Gasteiger partial charge in [-0.05, 0) is 30.7 Å². The summed E-state index contributed by atoms with van der Waals surface area (Å²) in [4.78, 5) is 23.7. The smallest absolute Gasteiger partial charge is 0.311 e. The first-order valence-electron chi connectivity index (χ1n) is 9.68. The van der Waals surface area contributed by atoms with Crippen molar-refractivity contribution in [2.24, 2.45) is 0 Å². The molecule has 33 heavy (non-hydrogen) atoms. The number of fused-ring (bicyclic) bond motifs is 1. The molecule has 0 bridgehead atoms. The van der Waals surface area contributed by atoms with Gasteiger partial charge in [-0.15, -0.1) is 0 Å². The van der Waals surface area contributed by atoms with Crippen LogP contribution in [-0.2, 0) is 17.4 Å². The van der Waals surface area contributed by atoms with Gasteiger partial charge in [-0.3, -0.25) is 9.69 Å². The minimum Gasteiger partial charge on any atom is -0.311 e. The maximum atomic E-state index is 14.3. The standard InChI is InChI=1S/C22H16F6N4O/c1-11-6-13(22(26,27)28)8-19(30-11)32-18(7-12-4-3-5-29-20(12)32)21(33)31(2)17-10-15(24)14(23)9-16(17)25/h3-6,8-10,18H,7H2,1-2H3. The number of nitrogens with zero attached hydrogens (tertiary/aromatic N) is 4. The fraction of sp³-hybridized carbons (Fsp3) is 0.227. The molecule has 3 aromatic rings. The summed E-state index contributed by atoms with van der Waals surface area (Å²) in [7, 11) is 1.16. The molecule has 1 aromatic carbocycles. The van der Waals surface area contributed by atoms with Crippen molar-refractivity contribution in [2.75, 3.05) is 16.8 Å². The van der Waals surface area contributed by atoms with Gasteiger partial charge in [0.15, 0.2) is 11.6 Å². The molecule has 2 aromatic heterocycles. The van der Waals surface area contributed by atoms with E-state index < -0.39 is 46.8 Å². The summed E-state index contributed by atoms with van der Waals surface area (Å²) >= 11 is 0. The van der Waals surface area contributed by atoms with Crippen molar-refractivity contribution in [3.8, 4) is 0 Å². The van der Waals surface area contributed by atoms with E-state index in [-0.39, 0.29) is 23.8 Å². The number of aromatic nitrogens is 2. The molecule has 3 heterocycles. The Morgan fingerprint density at radius 3 is 2.48 bits per heavy atom. The largest absolute Gasteiger partial charge is 0.416 e. The number of rotatable bonds is 3. The highest BCUT2D eigenvalue weighted by atomic mass is 19.4. The molecule has 1 unspecified atom stereocenters. The van der Waals surface area contributed by atoms with Crippen LogP contribution in [0.3, 0.4) is 0 Å². The monoisotopic (exact) mass is 466 g/mol. The van der Waals surface area contributed by atoms with Crippen LogP contribution in [0.15, 0.2) is 42.6 Å². The number of hydrogen-bond donors (Lipinski definition) is 0. The molecule has 0 aliphatic carbocycles. The molecule has 0 saturated carbocycles. The Kier molecular flexibility index (Phi) is 5.51. The first-order valence-corrected chi connectivity index (χ1v) is 9.68. The fourth-order valence-corrected chi connectivity index (χ4v) is 3.77. The zero-order valence-corrected chi connectivity index (χ0v) is 17.3. The van der Waals surface area contributed by atoms with E-state index in [9.17, 15) is 31.1 Å². The summed E-state index contributed by atoms with van der Waals surface area (Å²) in [6.07, 6.45) is -3.20. The molecule has 0 N–H and O–H groups in total. The Labute approximate surface area is 184 Å². The molecule has 5 nitrogen and oxygen atoms in total. The molecule has 1 aliphatic rings. The summed E-state index contributed by atoms with van der Waals surface area (Å²) in [6.45, 7) is 1.38. The lowest BCUT2D eigenvalue weighted by molar-refractivity contribution is -0.137. The molecular formula is C22H16F6N4O. The number of aryl methyl sites for hydroxylation is 1. The summed E-state index contributed by atoms with van der Waals surface area (Å²) in [6, 6.07) is 4.64. The third-order valence-corrected chi connectivity index (χ3v) is 5.30. The second kappa shape index (κ2) is 8.05. The topological polar surface area (TPSA) is 49.3 Å². The van der Waals surface area contributed by atoms with E-state index in [1.54, 1.807) is 12.1 Å². The van der Waals surface area contributed by atoms with Crippen LogP contribution in [0.2, 0.25) is 0 Å². The predicted octanol–water partition coefficient (Wildman–Crippen LogP) is 4.95. The van der Waals surface area contributed by atoms with Crippen LogP contribution in [0.4, 0.5) is 43.7 Å². The van der Waals surface area contributed by atoms with E-state index in [1.807, 2.05) is 0 Å². The summed E-state index contributed by atoms with van der Waals surface area (Å²) in [5.74, 6) is -4.65. The van der Waals surface area contributed by atoms with Gasteiger partial charge in [0.05, 0.1) is 11.3 Å². The second-order valence-corrected chi connectivity index (χ2v) is 7.54. The number of likely N-dealkylation sites (N-methyl/N-ethyl adjacent to an activating group) is 1. The summed E-state index contributed by atoms with van der Waals surface area (Å²) < 4.78 is 81.5. The van der Waals surface area contributed by atoms with E-state index in [4.69, 9.17) is 0 Å². The quantitative estimate of drug-likeness (QED) is 0.405. The number of carbonyl (C=O) groups excluding carboxylic acids is 1. The van der Waals surface area contributed by atoms with Gasteiger partial charge in [0.1, 0.15) is 23.5 Å². The van der Waals surface area contributed by atoms with Crippen molar-refractivity contribution < 1.29 is 31.1 Å². The number of amides is 1. The zero-order chi connectivity index (χ0) is 24.1. The van der Waals surface area contributed by atoms with Crippen molar-refractivity contribution in [3.05, 3.63) is 76.9 Å². The van der Waals surface area contributed by atoms with Crippen molar-refractivity contribution in [1.29, 1.82) is 0 Å². The van der Waals surface area contributed by atoms with Gasteiger partial charge in [-0.25, -0.2) is 23.1 Å². The molecule has 1 aliphatic heterocycles. The molecule has 11 heteroatoms. The number of carbonyl (C=O) groups is 1. The average Bonchev–Trinajstić information content (AvgIpc) is 3.14. The van der Waals surface area contributed by atoms with Gasteiger partial charge in [-0.1, -0.05) is 6.07 Å². The first kappa shape index (κ1) is 22.6. The molecule has 0 fully saturated rings. The van der Waals surface area contributed by atoms with Crippen LogP contribution < -0.4 is 9.80 Å². The van der Waals surface area contributed by atoms with Gasteiger partial charge in [-0.2, -0.15) is 13.2 Å². The van der Waals surface area contributed by atoms with E-state index in [0.717, 1.165) is 24.1 Å². The molecule has 4 rings (SSSR count). The van der Waals surface area contributed by atoms with Crippen molar-refractivity contribution in [3.63, 3.8) is 0 Å². The molecular weight excluding hydrogens is 450 g/mol. The van der Waals surface area contributed by atoms with Crippen LogP contribution in [0.25, 0.3) is 0 Å². The first-order chi connectivity index (χ1) is 15.5. The Balaban J connectivity index is 1.80. The number of halogens is 6. The SMILES string of the molecule is Cc1cc(C(F)(F)F)cc(N2c3ncccc3CC2C(=O)N(C)c2cc(F)c(F)cc2F)n1. The minimum atomic E-state index is -4.65. The lowest BCUT2D eigenvalue weighted by Gasteiger charge is -2.29. The number of anilines is 3. The highest BCUT2D eigenvalue weighted by Crippen LogP contribution is 2.39. The average molecular weight is 466 g/mol.